The largest absolute Gasteiger partial charge is 0.390 e. The zero-order valence-electron chi connectivity index (χ0n) is 16.4. The Kier molecular flexibility index (Phi) is 6.18. The van der Waals surface area contributed by atoms with Gasteiger partial charge >= 0.3 is 5.69 Å². The van der Waals surface area contributed by atoms with E-state index in [9.17, 15) is 19.8 Å². The van der Waals surface area contributed by atoms with Crippen LogP contribution in [-0.4, -0.2) is 51.7 Å². The highest BCUT2D eigenvalue weighted by Crippen LogP contribution is 2.30. The third-order valence-corrected chi connectivity index (χ3v) is 5.21. The van der Waals surface area contributed by atoms with Gasteiger partial charge in [0.05, 0.1) is 18.4 Å². The average molecular weight is 368 g/mol. The molecule has 3 N–H and O–H groups in total. The second-order valence-electron chi connectivity index (χ2n) is 8.09. The molecular formula is C18H32N4O4. The summed E-state index contributed by atoms with van der Waals surface area (Å²) < 4.78 is 1.49. The second-order valence-corrected chi connectivity index (χ2v) is 8.09. The van der Waals surface area contributed by atoms with Crippen molar-refractivity contribution in [3.8, 4) is 0 Å². The Morgan fingerprint density at radius 1 is 1.19 bits per heavy atom. The van der Waals surface area contributed by atoms with Crippen LogP contribution in [0.5, 0.6) is 0 Å². The van der Waals surface area contributed by atoms with Gasteiger partial charge in [-0.15, -0.1) is 0 Å². The van der Waals surface area contributed by atoms with Gasteiger partial charge in [-0.2, -0.15) is 0 Å². The van der Waals surface area contributed by atoms with E-state index in [-0.39, 0.29) is 5.56 Å². The third kappa shape index (κ3) is 4.48. The Labute approximate surface area is 154 Å². The monoisotopic (exact) mass is 368 g/mol. The second kappa shape index (κ2) is 7.84. The smallest absolute Gasteiger partial charge is 0.329 e. The predicted molar refractivity (Wildman–Crippen MR) is 103 cm³/mol. The minimum absolute atomic E-state index is 0.345. The number of hydrogen-bond donors (Lipinski definition) is 3. The maximum atomic E-state index is 12.1. The van der Waals surface area contributed by atoms with Crippen LogP contribution in [0.3, 0.4) is 0 Å². The van der Waals surface area contributed by atoms with Gasteiger partial charge in [-0.25, -0.2) is 4.79 Å². The summed E-state index contributed by atoms with van der Waals surface area (Å²) in [6.45, 7) is 6.72. The van der Waals surface area contributed by atoms with Crippen molar-refractivity contribution in [3.05, 3.63) is 20.8 Å². The molecule has 148 valence electrons. The van der Waals surface area contributed by atoms with E-state index in [2.05, 4.69) is 16.8 Å². The summed E-state index contributed by atoms with van der Waals surface area (Å²) in [5, 5.41) is 19.7. The molecule has 2 heterocycles. The van der Waals surface area contributed by atoms with Crippen LogP contribution in [-0.2, 0) is 7.05 Å². The quantitative estimate of drug-likeness (QED) is 0.622. The van der Waals surface area contributed by atoms with E-state index >= 15 is 0 Å². The SMILES string of the molecule is CC(CCCN1CN(C)c2c1n(C)c(=O)[nH]c2=O)CCC(O)C(C)(C)O. The minimum atomic E-state index is -1.07. The van der Waals surface area contributed by atoms with Gasteiger partial charge in [-0.3, -0.25) is 14.3 Å². The molecule has 1 aromatic heterocycles. The van der Waals surface area contributed by atoms with E-state index in [4.69, 9.17) is 0 Å². The van der Waals surface area contributed by atoms with Gasteiger partial charge in [0.25, 0.3) is 5.56 Å². The molecule has 2 unspecified atom stereocenters. The van der Waals surface area contributed by atoms with Crippen LogP contribution < -0.4 is 21.0 Å². The molecule has 0 spiro atoms. The first-order valence-electron chi connectivity index (χ1n) is 9.22. The van der Waals surface area contributed by atoms with Crippen molar-refractivity contribution in [2.75, 3.05) is 30.1 Å². The van der Waals surface area contributed by atoms with Gasteiger partial charge in [-0.05, 0) is 45.4 Å². The van der Waals surface area contributed by atoms with E-state index in [0.717, 1.165) is 25.8 Å². The molecule has 0 aromatic carbocycles. The lowest BCUT2D eigenvalue weighted by molar-refractivity contribution is -0.0535. The molecule has 0 bridgehead atoms. The highest BCUT2D eigenvalue weighted by atomic mass is 16.3. The Hall–Kier alpha value is -1.80. The predicted octanol–water partition coefficient (Wildman–Crippen LogP) is 0.616. The molecule has 8 heteroatoms. The molecule has 26 heavy (non-hydrogen) atoms. The zero-order valence-corrected chi connectivity index (χ0v) is 16.4. The Morgan fingerprint density at radius 3 is 2.46 bits per heavy atom. The van der Waals surface area contributed by atoms with Crippen LogP contribution in [0.4, 0.5) is 11.5 Å². The summed E-state index contributed by atoms with van der Waals surface area (Å²) >= 11 is 0. The van der Waals surface area contributed by atoms with Crippen molar-refractivity contribution in [2.24, 2.45) is 13.0 Å². The van der Waals surface area contributed by atoms with E-state index in [1.54, 1.807) is 20.9 Å². The van der Waals surface area contributed by atoms with Crippen LogP contribution in [0.2, 0.25) is 0 Å². The number of aliphatic hydroxyl groups is 2. The lowest BCUT2D eigenvalue weighted by Gasteiger charge is -2.26. The summed E-state index contributed by atoms with van der Waals surface area (Å²) in [4.78, 5) is 30.2. The topological polar surface area (TPSA) is 102 Å². The fourth-order valence-electron chi connectivity index (χ4n) is 3.44. The number of nitrogens with one attached hydrogen (secondary N) is 1. The van der Waals surface area contributed by atoms with E-state index in [0.29, 0.717) is 30.5 Å². The van der Waals surface area contributed by atoms with E-state index < -0.39 is 17.4 Å². The van der Waals surface area contributed by atoms with Gasteiger partial charge in [0.15, 0.2) is 0 Å². The molecule has 1 aromatic rings. The van der Waals surface area contributed by atoms with E-state index in [1.807, 2.05) is 11.9 Å². The molecule has 8 nitrogen and oxygen atoms in total. The van der Waals surface area contributed by atoms with Gasteiger partial charge in [0.2, 0.25) is 0 Å². The van der Waals surface area contributed by atoms with Crippen molar-refractivity contribution in [2.45, 2.75) is 58.2 Å². The number of nitrogens with zero attached hydrogens (tertiary/aromatic N) is 3. The van der Waals surface area contributed by atoms with Crippen molar-refractivity contribution < 1.29 is 10.2 Å². The third-order valence-electron chi connectivity index (χ3n) is 5.21. The van der Waals surface area contributed by atoms with Crippen molar-refractivity contribution in [1.29, 1.82) is 0 Å². The number of fused-ring (bicyclic) bond motifs is 1. The zero-order chi connectivity index (χ0) is 19.6. The van der Waals surface area contributed by atoms with Crippen molar-refractivity contribution >= 4 is 11.5 Å². The fourth-order valence-corrected chi connectivity index (χ4v) is 3.44. The standard InChI is InChI=1S/C18H32N4O4/c1-12(8-9-13(23)18(2,3)26)7-6-10-22-11-20(4)14-15(24)19-17(25)21(5)16(14)22/h12-13,23,26H,6-11H2,1-5H3,(H,19,24,25). The number of anilines is 2. The lowest BCUT2D eigenvalue weighted by atomic mass is 9.92. The Bertz CT molecular complexity index is 734. The number of H-pyrrole nitrogens is 1. The number of aliphatic hydroxyl groups excluding tert-OH is 1. The average Bonchev–Trinajstić information content (AvgIpc) is 2.86. The number of aromatic nitrogens is 2. The summed E-state index contributed by atoms with van der Waals surface area (Å²) in [7, 11) is 3.52. The highest BCUT2D eigenvalue weighted by molar-refractivity contribution is 5.71. The van der Waals surface area contributed by atoms with Gasteiger partial charge in [0, 0.05) is 20.6 Å². The minimum Gasteiger partial charge on any atom is -0.390 e. The molecular weight excluding hydrogens is 336 g/mol. The van der Waals surface area contributed by atoms with Crippen LogP contribution >= 0.6 is 0 Å². The van der Waals surface area contributed by atoms with Crippen LogP contribution in [0.1, 0.15) is 46.5 Å². The number of hydrogen-bond acceptors (Lipinski definition) is 6. The Morgan fingerprint density at radius 2 is 1.85 bits per heavy atom. The Balaban J connectivity index is 1.91. The molecule has 1 aliphatic rings. The number of rotatable bonds is 8. The molecule has 0 aliphatic carbocycles. The molecule has 0 saturated heterocycles. The molecule has 1 aliphatic heterocycles. The molecule has 0 radical (unpaired) electrons. The van der Waals surface area contributed by atoms with E-state index in [1.165, 1.54) is 4.57 Å². The maximum absolute atomic E-state index is 12.1. The summed E-state index contributed by atoms with van der Waals surface area (Å²) in [5.74, 6) is 1.10. The van der Waals surface area contributed by atoms with Crippen molar-refractivity contribution in [1.82, 2.24) is 9.55 Å². The van der Waals surface area contributed by atoms with Gasteiger partial charge in [-0.1, -0.05) is 6.92 Å². The lowest BCUT2D eigenvalue weighted by Crippen LogP contribution is -2.36. The summed E-state index contributed by atoms with van der Waals surface area (Å²) in [6, 6.07) is 0. The summed E-state index contributed by atoms with van der Waals surface area (Å²) in [5.41, 5.74) is -1.28. The van der Waals surface area contributed by atoms with Gasteiger partial charge in [0.1, 0.15) is 11.5 Å². The number of aromatic amines is 1. The highest BCUT2D eigenvalue weighted by Gasteiger charge is 2.29. The molecule has 0 amide bonds. The van der Waals surface area contributed by atoms with Gasteiger partial charge < -0.3 is 20.0 Å². The van der Waals surface area contributed by atoms with Crippen LogP contribution in [0.15, 0.2) is 9.59 Å². The molecule has 2 rings (SSSR count). The fraction of sp³-hybridized carbons (Fsp3) is 0.778. The van der Waals surface area contributed by atoms with Crippen LogP contribution in [0.25, 0.3) is 0 Å². The molecule has 2 atom stereocenters. The first kappa shape index (κ1) is 20.5. The first-order valence-corrected chi connectivity index (χ1v) is 9.22. The summed E-state index contributed by atoms with van der Waals surface area (Å²) in [6.07, 6.45) is 2.61. The first-order chi connectivity index (χ1) is 12.0. The normalized spacial score (nSPS) is 16.7. The maximum Gasteiger partial charge on any atom is 0.329 e. The molecule has 0 fully saturated rings. The van der Waals surface area contributed by atoms with Crippen molar-refractivity contribution in [3.63, 3.8) is 0 Å². The molecule has 0 saturated carbocycles. The van der Waals surface area contributed by atoms with Crippen LogP contribution in [0, 0.1) is 5.92 Å².